The number of pyridine rings is 1. The highest BCUT2D eigenvalue weighted by atomic mass is 32.1. The van der Waals surface area contributed by atoms with Gasteiger partial charge in [-0.05, 0) is 37.1 Å². The topological polar surface area (TPSA) is 45.7 Å². The van der Waals surface area contributed by atoms with Crippen molar-refractivity contribution in [2.45, 2.75) is 32.0 Å². The average molecular weight is 357 g/mol. The lowest BCUT2D eigenvalue weighted by atomic mass is 9.98. The van der Waals surface area contributed by atoms with Crippen LogP contribution in [-0.2, 0) is 11.3 Å². The molecule has 2 aromatic heterocycles. The third-order valence-electron chi connectivity index (χ3n) is 5.05. The van der Waals surface area contributed by atoms with Crippen LogP contribution in [0.5, 0.6) is 0 Å². The predicted octanol–water partition coefficient (Wildman–Crippen LogP) is 2.57. The van der Waals surface area contributed by atoms with Crippen LogP contribution in [0, 0.1) is 6.92 Å². The molecule has 2 saturated heterocycles. The van der Waals surface area contributed by atoms with Gasteiger partial charge in [0.25, 0.3) is 5.91 Å². The first-order valence-electron chi connectivity index (χ1n) is 8.81. The minimum absolute atomic E-state index is 0.156. The van der Waals surface area contributed by atoms with Gasteiger partial charge in [-0.2, -0.15) is 0 Å². The van der Waals surface area contributed by atoms with E-state index >= 15 is 0 Å². The third kappa shape index (κ3) is 3.61. The minimum atomic E-state index is 0.156. The summed E-state index contributed by atoms with van der Waals surface area (Å²) >= 11 is 1.58. The normalized spacial score (nSPS) is 24.1. The summed E-state index contributed by atoms with van der Waals surface area (Å²) in [5, 5.41) is 0. The Labute approximate surface area is 152 Å². The molecule has 2 aromatic rings. The second-order valence-corrected chi connectivity index (χ2v) is 8.05. The maximum Gasteiger partial charge on any atom is 0.263 e. The van der Waals surface area contributed by atoms with Crippen LogP contribution in [0.2, 0.25) is 0 Å². The van der Waals surface area contributed by atoms with Crippen LogP contribution in [0.25, 0.3) is 0 Å². The van der Waals surface area contributed by atoms with Gasteiger partial charge >= 0.3 is 0 Å². The number of carbonyl (C=O) groups excluding carboxylic acids is 1. The highest BCUT2D eigenvalue weighted by Gasteiger charge is 2.38. The number of ether oxygens (including phenoxy) is 1. The number of likely N-dealkylation sites (tertiary alicyclic amines) is 1. The number of aromatic nitrogens is 1. The van der Waals surface area contributed by atoms with Crippen LogP contribution < -0.4 is 0 Å². The molecule has 25 heavy (non-hydrogen) atoms. The van der Waals surface area contributed by atoms with Gasteiger partial charge in [-0.25, -0.2) is 0 Å². The average Bonchev–Trinajstić information content (AvgIpc) is 3.08. The summed E-state index contributed by atoms with van der Waals surface area (Å²) in [6, 6.07) is 8.30. The van der Waals surface area contributed by atoms with Crippen LogP contribution in [0.15, 0.2) is 36.7 Å². The predicted molar refractivity (Wildman–Crippen MR) is 97.8 cm³/mol. The van der Waals surface area contributed by atoms with Crippen molar-refractivity contribution < 1.29 is 9.53 Å². The number of hydrogen-bond acceptors (Lipinski definition) is 5. The molecule has 5 nitrogen and oxygen atoms in total. The maximum absolute atomic E-state index is 12.8. The second kappa shape index (κ2) is 7.23. The van der Waals surface area contributed by atoms with Gasteiger partial charge in [0.05, 0.1) is 23.6 Å². The molecule has 2 fully saturated rings. The van der Waals surface area contributed by atoms with Gasteiger partial charge in [-0.15, -0.1) is 11.3 Å². The Kier molecular flexibility index (Phi) is 4.83. The largest absolute Gasteiger partial charge is 0.375 e. The summed E-state index contributed by atoms with van der Waals surface area (Å²) in [6.45, 7) is 6.07. The SMILES string of the molecule is Cc1ccc(C(=O)N2CC[C@@H]3OCCN(Cc4cccnc4)[C@H]3C2)s1. The maximum atomic E-state index is 12.8. The summed E-state index contributed by atoms with van der Waals surface area (Å²) in [7, 11) is 0. The van der Waals surface area contributed by atoms with Crippen LogP contribution in [0.4, 0.5) is 0 Å². The summed E-state index contributed by atoms with van der Waals surface area (Å²) in [5.74, 6) is 0.156. The molecule has 0 bridgehead atoms. The molecule has 2 atom stereocenters. The zero-order valence-electron chi connectivity index (χ0n) is 14.4. The number of rotatable bonds is 3. The fourth-order valence-corrected chi connectivity index (χ4v) is 4.59. The third-order valence-corrected chi connectivity index (χ3v) is 6.04. The molecule has 132 valence electrons. The summed E-state index contributed by atoms with van der Waals surface area (Å²) in [6.07, 6.45) is 4.85. The molecule has 0 N–H and O–H groups in total. The van der Waals surface area contributed by atoms with E-state index in [9.17, 15) is 4.79 Å². The smallest absolute Gasteiger partial charge is 0.263 e. The van der Waals surface area contributed by atoms with Crippen LogP contribution >= 0.6 is 11.3 Å². The molecule has 0 radical (unpaired) electrons. The first-order chi connectivity index (χ1) is 12.2. The number of nitrogens with zero attached hydrogens (tertiary/aromatic N) is 3. The molecule has 4 heterocycles. The quantitative estimate of drug-likeness (QED) is 0.847. The lowest BCUT2D eigenvalue weighted by molar-refractivity contribution is -0.101. The second-order valence-electron chi connectivity index (χ2n) is 6.76. The van der Waals surface area contributed by atoms with Crippen LogP contribution in [-0.4, -0.2) is 59.1 Å². The summed E-state index contributed by atoms with van der Waals surface area (Å²) in [5.41, 5.74) is 1.21. The van der Waals surface area contributed by atoms with Crippen LogP contribution in [0.1, 0.15) is 26.5 Å². The van der Waals surface area contributed by atoms with E-state index in [0.29, 0.717) is 0 Å². The fourth-order valence-electron chi connectivity index (χ4n) is 3.75. The van der Waals surface area contributed by atoms with Gasteiger partial charge < -0.3 is 9.64 Å². The van der Waals surface area contributed by atoms with Gasteiger partial charge in [0, 0.05) is 43.4 Å². The monoisotopic (exact) mass is 357 g/mol. The van der Waals surface area contributed by atoms with Crippen molar-refractivity contribution >= 4 is 17.2 Å². The van der Waals surface area contributed by atoms with Crippen LogP contribution in [0.3, 0.4) is 0 Å². The number of thiophene rings is 1. The van der Waals surface area contributed by atoms with Gasteiger partial charge in [0.2, 0.25) is 0 Å². The van der Waals surface area contributed by atoms with Crippen molar-refractivity contribution in [3.63, 3.8) is 0 Å². The Morgan fingerprint density at radius 2 is 2.28 bits per heavy atom. The number of piperidine rings is 1. The lowest BCUT2D eigenvalue weighted by Crippen LogP contribution is -2.60. The van der Waals surface area contributed by atoms with Crippen molar-refractivity contribution in [3.05, 3.63) is 52.0 Å². The van der Waals surface area contributed by atoms with Crippen molar-refractivity contribution in [2.75, 3.05) is 26.2 Å². The minimum Gasteiger partial charge on any atom is -0.375 e. The molecule has 0 saturated carbocycles. The molecule has 0 unspecified atom stereocenters. The molecular weight excluding hydrogens is 334 g/mol. The van der Waals surface area contributed by atoms with E-state index in [1.807, 2.05) is 36.2 Å². The molecule has 4 rings (SSSR count). The summed E-state index contributed by atoms with van der Waals surface area (Å²) in [4.78, 5) is 23.5. The van der Waals surface area contributed by atoms with Crippen molar-refractivity contribution in [1.82, 2.24) is 14.8 Å². The molecule has 6 heteroatoms. The van der Waals surface area contributed by atoms with E-state index in [0.717, 1.165) is 44.1 Å². The number of amides is 1. The molecule has 0 spiro atoms. The molecule has 1 amide bonds. The van der Waals surface area contributed by atoms with Gasteiger partial charge in [-0.3, -0.25) is 14.7 Å². The number of aryl methyl sites for hydroxylation is 1. The van der Waals surface area contributed by atoms with E-state index in [1.54, 1.807) is 17.5 Å². The molecular formula is C19H23N3O2S. The molecule has 0 aromatic carbocycles. The van der Waals surface area contributed by atoms with E-state index in [4.69, 9.17) is 4.74 Å². The first-order valence-corrected chi connectivity index (χ1v) is 9.62. The Morgan fingerprint density at radius 3 is 3.04 bits per heavy atom. The number of morpholine rings is 1. The van der Waals surface area contributed by atoms with E-state index in [1.165, 1.54) is 10.4 Å². The number of fused-ring (bicyclic) bond motifs is 1. The highest BCUT2D eigenvalue weighted by molar-refractivity contribution is 7.13. The zero-order valence-corrected chi connectivity index (χ0v) is 15.2. The molecule has 2 aliphatic rings. The Balaban J connectivity index is 1.48. The van der Waals surface area contributed by atoms with E-state index in [2.05, 4.69) is 16.0 Å². The Morgan fingerprint density at radius 1 is 1.36 bits per heavy atom. The first kappa shape index (κ1) is 16.7. The standard InChI is InChI=1S/C19H23N3O2S/c1-14-4-5-18(25-14)19(23)22-8-6-17-16(13-22)21(9-10-24-17)12-15-3-2-7-20-11-15/h2-5,7,11,16-17H,6,8-10,12-13H2,1H3/t16-,17-/m0/s1. The zero-order chi connectivity index (χ0) is 17.2. The Hall–Kier alpha value is -1.76. The fraction of sp³-hybridized carbons (Fsp3) is 0.474. The van der Waals surface area contributed by atoms with Crippen molar-refractivity contribution in [3.8, 4) is 0 Å². The van der Waals surface area contributed by atoms with Crippen molar-refractivity contribution in [2.24, 2.45) is 0 Å². The Bertz CT molecular complexity index is 733. The molecule has 0 aliphatic carbocycles. The van der Waals surface area contributed by atoms with Gasteiger partial charge in [0.15, 0.2) is 0 Å². The van der Waals surface area contributed by atoms with Gasteiger partial charge in [0.1, 0.15) is 0 Å². The number of carbonyl (C=O) groups is 1. The van der Waals surface area contributed by atoms with E-state index < -0.39 is 0 Å². The molecule has 2 aliphatic heterocycles. The number of hydrogen-bond donors (Lipinski definition) is 0. The lowest BCUT2D eigenvalue weighted by Gasteiger charge is -2.47. The highest BCUT2D eigenvalue weighted by Crippen LogP contribution is 2.26. The van der Waals surface area contributed by atoms with E-state index in [-0.39, 0.29) is 18.1 Å². The van der Waals surface area contributed by atoms with Gasteiger partial charge in [-0.1, -0.05) is 6.07 Å². The van der Waals surface area contributed by atoms with Crippen molar-refractivity contribution in [1.29, 1.82) is 0 Å². The summed E-state index contributed by atoms with van der Waals surface area (Å²) < 4.78 is 6.00.